The monoisotopic (exact) mass is 599 g/mol. The van der Waals surface area contributed by atoms with Crippen molar-refractivity contribution in [3.63, 3.8) is 0 Å². The lowest BCUT2D eigenvalue weighted by molar-refractivity contribution is -0.131. The molecular formula is C27H23BrClN3O4S. The second kappa shape index (κ2) is 12.3. The third kappa shape index (κ3) is 6.54. The smallest absolute Gasteiger partial charge is 0.342 e. The largest absolute Gasteiger partial charge is 0.493 e. The number of halogens is 2. The molecule has 0 aliphatic heterocycles. The van der Waals surface area contributed by atoms with Crippen LogP contribution in [0.25, 0.3) is 17.5 Å². The molecule has 0 unspecified atom stereocenters. The highest BCUT2D eigenvalue weighted by Crippen LogP contribution is 2.39. The molecule has 0 saturated heterocycles. The normalized spacial score (nSPS) is 11.4. The third-order valence-electron chi connectivity index (χ3n) is 5.32. The van der Waals surface area contributed by atoms with E-state index in [-0.39, 0.29) is 4.91 Å². The predicted octanol–water partition coefficient (Wildman–Crippen LogP) is 7.19. The Balaban J connectivity index is 1.61. The van der Waals surface area contributed by atoms with Crippen molar-refractivity contribution in [3.05, 3.63) is 92.3 Å². The number of aromatic nitrogens is 3. The first-order valence-electron chi connectivity index (χ1n) is 11.3. The van der Waals surface area contributed by atoms with Crippen LogP contribution in [-0.2, 0) is 17.9 Å². The summed E-state index contributed by atoms with van der Waals surface area (Å²) in [5.41, 5.74) is 2.48. The fourth-order valence-electron chi connectivity index (χ4n) is 3.54. The lowest BCUT2D eigenvalue weighted by atomic mass is 10.2. The Kier molecular flexibility index (Phi) is 8.91. The molecule has 3 aromatic carbocycles. The van der Waals surface area contributed by atoms with Crippen LogP contribution in [-0.4, -0.2) is 33.0 Å². The zero-order valence-electron chi connectivity index (χ0n) is 20.0. The van der Waals surface area contributed by atoms with Crippen molar-refractivity contribution >= 4 is 51.3 Å². The topological polar surface area (TPSA) is 86.5 Å². The van der Waals surface area contributed by atoms with E-state index in [9.17, 15) is 9.90 Å². The van der Waals surface area contributed by atoms with Crippen LogP contribution in [0.1, 0.15) is 18.1 Å². The van der Waals surface area contributed by atoms with E-state index in [1.165, 1.54) is 0 Å². The molecule has 0 radical (unpaired) electrons. The quantitative estimate of drug-likeness (QED) is 0.152. The van der Waals surface area contributed by atoms with Crippen molar-refractivity contribution in [1.29, 1.82) is 0 Å². The van der Waals surface area contributed by atoms with Gasteiger partial charge in [0.2, 0.25) is 0 Å². The van der Waals surface area contributed by atoms with E-state index in [1.54, 1.807) is 37.5 Å². The van der Waals surface area contributed by atoms with E-state index in [1.807, 2.05) is 54.0 Å². The number of carboxylic acid groups (broad SMARTS) is 1. The molecule has 0 spiro atoms. The van der Waals surface area contributed by atoms with Crippen LogP contribution >= 0.6 is 39.3 Å². The number of hydrogen-bond donors (Lipinski definition) is 1. The standard InChI is InChI=1S/C27H23BrClN3O4S/c1-3-32-25(19-9-11-20(29)12-10-19)30-31-27(32)37-23(26(33)34)15-18-13-21(28)24(22(14-18)35-2)36-16-17-7-5-4-6-8-17/h4-15H,3,16H2,1-2H3,(H,33,34)/b23-15-. The summed E-state index contributed by atoms with van der Waals surface area (Å²) >= 11 is 10.6. The van der Waals surface area contributed by atoms with Gasteiger partial charge in [0.1, 0.15) is 11.5 Å². The van der Waals surface area contributed by atoms with Gasteiger partial charge in [-0.2, -0.15) is 0 Å². The summed E-state index contributed by atoms with van der Waals surface area (Å²) in [6, 6.07) is 20.6. The second-order valence-electron chi connectivity index (χ2n) is 7.78. The lowest BCUT2D eigenvalue weighted by Gasteiger charge is -2.14. The van der Waals surface area contributed by atoms with Gasteiger partial charge in [0.15, 0.2) is 22.5 Å². The Hall–Kier alpha value is -3.27. The molecule has 7 nitrogen and oxygen atoms in total. The van der Waals surface area contributed by atoms with Crippen LogP contribution in [0.2, 0.25) is 5.02 Å². The van der Waals surface area contributed by atoms with E-state index >= 15 is 0 Å². The Morgan fingerprint density at radius 3 is 2.51 bits per heavy atom. The molecule has 190 valence electrons. The number of benzene rings is 3. The molecule has 1 N–H and O–H groups in total. The van der Waals surface area contributed by atoms with Gasteiger partial charge in [-0.3, -0.25) is 0 Å². The third-order valence-corrected chi connectivity index (χ3v) is 7.16. The van der Waals surface area contributed by atoms with Crippen molar-refractivity contribution in [2.75, 3.05) is 7.11 Å². The van der Waals surface area contributed by atoms with E-state index < -0.39 is 5.97 Å². The van der Waals surface area contributed by atoms with Crippen LogP contribution in [0, 0.1) is 0 Å². The molecule has 4 rings (SSSR count). The number of hydrogen-bond acceptors (Lipinski definition) is 6. The maximum Gasteiger partial charge on any atom is 0.342 e. The SMILES string of the molecule is CCn1c(S/C(=C\c2cc(Br)c(OCc3ccccc3)c(OC)c2)C(=O)O)nnc1-c1ccc(Cl)cc1. The second-order valence-corrected chi connectivity index (χ2v) is 10.1. The Bertz CT molecular complexity index is 1430. The van der Waals surface area contributed by atoms with Gasteiger partial charge in [-0.15, -0.1) is 10.2 Å². The molecule has 1 aromatic heterocycles. The van der Waals surface area contributed by atoms with Gasteiger partial charge in [0.05, 0.1) is 11.6 Å². The Labute approximate surface area is 232 Å². The number of nitrogens with zero attached hydrogens (tertiary/aromatic N) is 3. The zero-order chi connectivity index (χ0) is 26.4. The van der Waals surface area contributed by atoms with Crippen molar-refractivity contribution in [3.8, 4) is 22.9 Å². The molecule has 0 atom stereocenters. The summed E-state index contributed by atoms with van der Waals surface area (Å²) < 4.78 is 14.0. The number of methoxy groups -OCH3 is 1. The van der Waals surface area contributed by atoms with Crippen LogP contribution < -0.4 is 9.47 Å². The van der Waals surface area contributed by atoms with E-state index in [0.29, 0.717) is 50.7 Å². The van der Waals surface area contributed by atoms with Crippen LogP contribution in [0.4, 0.5) is 0 Å². The summed E-state index contributed by atoms with van der Waals surface area (Å²) in [6.45, 7) is 2.88. The van der Waals surface area contributed by atoms with Gasteiger partial charge < -0.3 is 19.1 Å². The van der Waals surface area contributed by atoms with Gasteiger partial charge in [0, 0.05) is 17.1 Å². The van der Waals surface area contributed by atoms with Crippen molar-refractivity contribution in [1.82, 2.24) is 14.8 Å². The summed E-state index contributed by atoms with van der Waals surface area (Å²) in [5.74, 6) is 0.568. The fraction of sp³-hybridized carbons (Fsp3) is 0.148. The minimum Gasteiger partial charge on any atom is -0.493 e. The average Bonchev–Trinajstić information content (AvgIpc) is 3.30. The first-order chi connectivity index (χ1) is 17.9. The molecule has 1 heterocycles. The number of rotatable bonds is 10. The van der Waals surface area contributed by atoms with Crippen LogP contribution in [0.3, 0.4) is 0 Å². The zero-order valence-corrected chi connectivity index (χ0v) is 23.2. The number of ether oxygens (including phenoxy) is 2. The molecule has 4 aromatic rings. The van der Waals surface area contributed by atoms with E-state index in [0.717, 1.165) is 22.9 Å². The predicted molar refractivity (Wildman–Crippen MR) is 149 cm³/mol. The van der Waals surface area contributed by atoms with Crippen LogP contribution in [0.5, 0.6) is 11.5 Å². The van der Waals surface area contributed by atoms with Crippen molar-refractivity contribution < 1.29 is 19.4 Å². The Morgan fingerprint density at radius 2 is 1.86 bits per heavy atom. The average molecular weight is 601 g/mol. The van der Waals surface area contributed by atoms with Gasteiger partial charge in [-0.05, 0) is 88.2 Å². The van der Waals surface area contributed by atoms with Crippen LogP contribution in [0.15, 0.2) is 81.3 Å². The summed E-state index contributed by atoms with van der Waals surface area (Å²) in [5, 5.41) is 19.6. The van der Waals surface area contributed by atoms with Gasteiger partial charge in [0.25, 0.3) is 0 Å². The van der Waals surface area contributed by atoms with Crippen molar-refractivity contribution in [2.45, 2.75) is 25.2 Å². The molecule has 0 bridgehead atoms. The summed E-state index contributed by atoms with van der Waals surface area (Å²) in [6.07, 6.45) is 1.57. The van der Waals surface area contributed by atoms with Gasteiger partial charge in [-0.1, -0.05) is 41.9 Å². The highest BCUT2D eigenvalue weighted by atomic mass is 79.9. The van der Waals surface area contributed by atoms with E-state index in [4.69, 9.17) is 21.1 Å². The number of carboxylic acids is 1. The number of thioether (sulfide) groups is 1. The molecule has 10 heteroatoms. The molecule has 0 aliphatic rings. The van der Waals surface area contributed by atoms with Gasteiger partial charge >= 0.3 is 5.97 Å². The minimum atomic E-state index is -1.08. The molecule has 0 saturated carbocycles. The maximum absolute atomic E-state index is 12.2. The molecule has 0 fully saturated rings. The summed E-state index contributed by atoms with van der Waals surface area (Å²) in [7, 11) is 1.54. The first kappa shape index (κ1) is 26.8. The molecule has 0 aliphatic carbocycles. The minimum absolute atomic E-state index is 0.0802. The van der Waals surface area contributed by atoms with E-state index in [2.05, 4.69) is 26.1 Å². The molecular weight excluding hydrogens is 578 g/mol. The molecule has 0 amide bonds. The Morgan fingerprint density at radius 1 is 1.14 bits per heavy atom. The van der Waals surface area contributed by atoms with Gasteiger partial charge in [-0.25, -0.2) is 4.79 Å². The number of aliphatic carboxylic acids is 1. The number of carbonyl (C=O) groups is 1. The lowest BCUT2D eigenvalue weighted by Crippen LogP contribution is -2.03. The van der Waals surface area contributed by atoms with Crippen molar-refractivity contribution in [2.24, 2.45) is 0 Å². The fourth-order valence-corrected chi connectivity index (χ4v) is 5.13. The summed E-state index contributed by atoms with van der Waals surface area (Å²) in [4.78, 5) is 12.2. The highest BCUT2D eigenvalue weighted by Gasteiger charge is 2.19. The first-order valence-corrected chi connectivity index (χ1v) is 13.2. The highest BCUT2D eigenvalue weighted by molar-refractivity contribution is 9.10. The molecule has 37 heavy (non-hydrogen) atoms. The maximum atomic E-state index is 12.2.